The number of hydrogen-bond acceptors (Lipinski definition) is 2. The van der Waals surface area contributed by atoms with Crippen LogP contribution in [-0.2, 0) is 9.53 Å². The highest BCUT2D eigenvalue weighted by molar-refractivity contribution is 5.70. The van der Waals surface area contributed by atoms with E-state index >= 15 is 0 Å². The van der Waals surface area contributed by atoms with Crippen LogP contribution in [0.5, 0.6) is 0 Å². The minimum absolute atomic E-state index is 0.134. The first-order chi connectivity index (χ1) is 7.16. The first-order valence-electron chi connectivity index (χ1n) is 5.38. The van der Waals surface area contributed by atoms with Crippen LogP contribution >= 0.6 is 0 Å². The maximum atomic E-state index is 11.3. The number of esters is 1. The van der Waals surface area contributed by atoms with E-state index in [-0.39, 0.29) is 5.92 Å². The van der Waals surface area contributed by atoms with E-state index in [2.05, 4.69) is 0 Å². The highest BCUT2D eigenvalue weighted by Crippen LogP contribution is 2.18. The summed E-state index contributed by atoms with van der Waals surface area (Å²) in [4.78, 5) is 11.3. The fourth-order valence-electron chi connectivity index (χ4n) is 1.25. The molecule has 76 valence electrons. The molecule has 0 saturated heterocycles. The van der Waals surface area contributed by atoms with Gasteiger partial charge < -0.3 is 4.74 Å². The molecule has 0 saturated carbocycles. The second-order valence-corrected chi connectivity index (χ2v) is 3.12. The first-order valence-corrected chi connectivity index (χ1v) is 4.80. The average Bonchev–Trinajstić information content (AvgIpc) is 2.28. The van der Waals surface area contributed by atoms with Gasteiger partial charge in [-0.25, -0.2) is 0 Å². The van der Waals surface area contributed by atoms with E-state index in [1.165, 1.54) is 0 Å². The number of rotatable bonds is 4. The predicted octanol–water partition coefficient (Wildman–Crippen LogP) is 2.74. The van der Waals surface area contributed by atoms with Gasteiger partial charge in [0.25, 0.3) is 0 Å². The first kappa shape index (κ1) is 9.25. The summed E-state index contributed by atoms with van der Waals surface area (Å²) in [5, 5.41) is 0. The lowest BCUT2D eigenvalue weighted by Gasteiger charge is -2.10. The third-order valence-corrected chi connectivity index (χ3v) is 2.00. The zero-order valence-corrected chi connectivity index (χ0v) is 8.57. The fourth-order valence-corrected chi connectivity index (χ4v) is 1.25. The Balaban J connectivity index is 2.68. The van der Waals surface area contributed by atoms with E-state index in [1.54, 1.807) is 6.92 Å². The Morgan fingerprint density at radius 2 is 2.14 bits per heavy atom. The van der Waals surface area contributed by atoms with Gasteiger partial charge in [0.15, 0.2) is 0 Å². The summed E-state index contributed by atoms with van der Waals surface area (Å²) >= 11 is 0. The standard InChI is InChI=1S/C12H16O2/c1-3-14-12(13)9-10(2)11-7-5-4-6-8-11/h4-8,10H,3,9H2,1-2H3/t10-/m0/s1/i9D/t9-,10-. The van der Waals surface area contributed by atoms with Crippen molar-refractivity contribution in [3.63, 3.8) is 0 Å². The molecule has 0 spiro atoms. The zero-order chi connectivity index (χ0) is 11.3. The van der Waals surface area contributed by atoms with Crippen LogP contribution in [0.25, 0.3) is 0 Å². The minimum Gasteiger partial charge on any atom is -0.466 e. The highest BCUT2D eigenvalue weighted by atomic mass is 16.5. The molecule has 2 atom stereocenters. The molecule has 0 aromatic heterocycles. The van der Waals surface area contributed by atoms with Crippen molar-refractivity contribution in [2.24, 2.45) is 0 Å². The summed E-state index contributed by atoms with van der Waals surface area (Å²) in [6.45, 7) is 3.94. The third-order valence-electron chi connectivity index (χ3n) is 2.00. The summed E-state index contributed by atoms with van der Waals surface area (Å²) in [6, 6.07) is 9.57. The van der Waals surface area contributed by atoms with Gasteiger partial charge in [0.2, 0.25) is 0 Å². The predicted molar refractivity (Wildman–Crippen MR) is 56.1 cm³/mol. The molecule has 14 heavy (non-hydrogen) atoms. The van der Waals surface area contributed by atoms with Gasteiger partial charge in [0, 0.05) is 1.37 Å². The van der Waals surface area contributed by atoms with Crippen LogP contribution in [0.15, 0.2) is 30.3 Å². The number of benzene rings is 1. The minimum atomic E-state index is -0.840. The van der Waals surface area contributed by atoms with Gasteiger partial charge in [0.1, 0.15) is 0 Å². The van der Waals surface area contributed by atoms with E-state index in [9.17, 15) is 4.79 Å². The van der Waals surface area contributed by atoms with Crippen LogP contribution in [0.1, 0.15) is 33.1 Å². The van der Waals surface area contributed by atoms with Crippen molar-refractivity contribution in [3.05, 3.63) is 35.9 Å². The Morgan fingerprint density at radius 3 is 2.71 bits per heavy atom. The van der Waals surface area contributed by atoms with Crippen LogP contribution < -0.4 is 0 Å². The summed E-state index contributed by atoms with van der Waals surface area (Å²) in [6.07, 6.45) is -0.840. The molecule has 0 fully saturated rings. The van der Waals surface area contributed by atoms with Gasteiger partial charge >= 0.3 is 5.97 Å². The molecule has 0 heterocycles. The summed E-state index contributed by atoms with van der Waals surface area (Å²) in [5.41, 5.74) is 0.991. The number of carbonyl (C=O) groups is 1. The molecule has 2 heteroatoms. The maximum absolute atomic E-state index is 11.3. The Labute approximate surface area is 86.3 Å². The van der Waals surface area contributed by atoms with E-state index in [4.69, 9.17) is 6.11 Å². The number of hydrogen-bond donors (Lipinski definition) is 0. The highest BCUT2D eigenvalue weighted by Gasteiger charge is 2.10. The molecule has 0 aliphatic heterocycles. The molecule has 0 amide bonds. The second kappa shape index (κ2) is 5.43. The monoisotopic (exact) mass is 193 g/mol. The summed E-state index contributed by atoms with van der Waals surface area (Å²) in [5.74, 6) is -0.584. The van der Waals surface area contributed by atoms with Crippen LogP contribution in [0.3, 0.4) is 0 Å². The van der Waals surface area contributed by atoms with Gasteiger partial charge in [-0.05, 0) is 18.4 Å². The van der Waals surface area contributed by atoms with Crippen molar-refractivity contribution in [2.45, 2.75) is 26.2 Å². The molecule has 2 nitrogen and oxygen atoms in total. The Bertz CT molecular complexity index is 311. The lowest BCUT2D eigenvalue weighted by molar-refractivity contribution is -0.143. The maximum Gasteiger partial charge on any atom is 0.306 e. The molecule has 1 aromatic rings. The zero-order valence-electron chi connectivity index (χ0n) is 9.57. The molecular weight excluding hydrogens is 176 g/mol. The van der Waals surface area contributed by atoms with Gasteiger partial charge in [-0.1, -0.05) is 37.3 Å². The molecule has 1 rings (SSSR count). The van der Waals surface area contributed by atoms with Crippen molar-refractivity contribution in [1.29, 1.82) is 0 Å². The topological polar surface area (TPSA) is 26.3 Å². The van der Waals surface area contributed by atoms with Crippen LogP contribution in [0, 0.1) is 0 Å². The largest absolute Gasteiger partial charge is 0.466 e. The molecule has 0 N–H and O–H groups in total. The van der Waals surface area contributed by atoms with Crippen LogP contribution in [-0.4, -0.2) is 12.6 Å². The molecule has 1 aromatic carbocycles. The number of ether oxygens (including phenoxy) is 1. The molecule has 0 aliphatic rings. The summed E-state index contributed by atoms with van der Waals surface area (Å²) < 4.78 is 12.6. The molecular formula is C12H16O2. The average molecular weight is 193 g/mol. The lowest BCUT2D eigenvalue weighted by Crippen LogP contribution is -2.08. The van der Waals surface area contributed by atoms with E-state index in [0.717, 1.165) is 5.56 Å². The van der Waals surface area contributed by atoms with Crippen molar-refractivity contribution >= 4 is 5.97 Å². The summed E-state index contributed by atoms with van der Waals surface area (Å²) in [7, 11) is 0. The SMILES string of the molecule is [2H][C@H](C(=O)OCC)[C@H](C)c1ccccc1. The van der Waals surface area contributed by atoms with Crippen LogP contribution in [0.4, 0.5) is 0 Å². The smallest absolute Gasteiger partial charge is 0.306 e. The van der Waals surface area contributed by atoms with E-state index in [0.29, 0.717) is 6.61 Å². The van der Waals surface area contributed by atoms with Gasteiger partial charge in [0.05, 0.1) is 13.0 Å². The van der Waals surface area contributed by atoms with Gasteiger partial charge in [-0.3, -0.25) is 4.79 Å². The van der Waals surface area contributed by atoms with E-state index < -0.39 is 12.4 Å². The van der Waals surface area contributed by atoms with Crippen molar-refractivity contribution in [2.75, 3.05) is 6.61 Å². The second-order valence-electron chi connectivity index (χ2n) is 3.12. The molecule has 0 unspecified atom stereocenters. The third kappa shape index (κ3) is 3.21. The van der Waals surface area contributed by atoms with E-state index in [1.807, 2.05) is 37.3 Å². The quantitative estimate of drug-likeness (QED) is 0.687. The molecule has 0 bridgehead atoms. The normalized spacial score (nSPS) is 15.4. The van der Waals surface area contributed by atoms with Crippen molar-refractivity contribution in [1.82, 2.24) is 0 Å². The van der Waals surface area contributed by atoms with Crippen LogP contribution in [0.2, 0.25) is 0 Å². The molecule has 0 aliphatic carbocycles. The fraction of sp³-hybridized carbons (Fsp3) is 0.417. The Morgan fingerprint density at radius 1 is 1.50 bits per heavy atom. The van der Waals surface area contributed by atoms with Gasteiger partial charge in [-0.2, -0.15) is 0 Å². The Kier molecular flexibility index (Phi) is 3.59. The molecule has 0 radical (unpaired) electrons. The lowest BCUT2D eigenvalue weighted by atomic mass is 9.98. The number of carbonyl (C=O) groups excluding carboxylic acids is 1. The van der Waals surface area contributed by atoms with Crippen molar-refractivity contribution in [3.8, 4) is 0 Å². The van der Waals surface area contributed by atoms with Gasteiger partial charge in [-0.15, -0.1) is 0 Å². The van der Waals surface area contributed by atoms with Crippen molar-refractivity contribution < 1.29 is 10.9 Å². The Hall–Kier alpha value is -1.31.